The lowest BCUT2D eigenvalue weighted by molar-refractivity contribution is 0.0781. The highest BCUT2D eigenvalue weighted by molar-refractivity contribution is 6.30. The number of benzene rings is 1. The molecule has 0 saturated carbocycles. The molecule has 0 radical (unpaired) electrons. The zero-order valence-electron chi connectivity index (χ0n) is 8.91. The van der Waals surface area contributed by atoms with E-state index < -0.39 is 11.7 Å². The van der Waals surface area contributed by atoms with E-state index in [-0.39, 0.29) is 12.2 Å². The third kappa shape index (κ3) is 3.18. The molecule has 16 heavy (non-hydrogen) atoms. The van der Waals surface area contributed by atoms with E-state index >= 15 is 0 Å². The minimum absolute atomic E-state index is 0.00432. The van der Waals surface area contributed by atoms with Gasteiger partial charge in [-0.15, -0.1) is 0 Å². The Morgan fingerprint density at radius 1 is 1.56 bits per heavy atom. The summed E-state index contributed by atoms with van der Waals surface area (Å²) in [7, 11) is 1.55. The summed E-state index contributed by atoms with van der Waals surface area (Å²) in [6, 6.07) is 3.85. The second-order valence-electron chi connectivity index (χ2n) is 3.43. The Morgan fingerprint density at radius 2 is 2.25 bits per heavy atom. The van der Waals surface area contributed by atoms with Crippen molar-refractivity contribution in [1.82, 2.24) is 4.90 Å². The molecule has 0 bridgehead atoms. The van der Waals surface area contributed by atoms with Crippen molar-refractivity contribution in [3.05, 3.63) is 34.6 Å². The topological polar surface area (TPSA) is 40.5 Å². The Morgan fingerprint density at radius 3 is 2.88 bits per heavy atom. The molecule has 0 saturated heterocycles. The molecule has 0 aromatic heterocycles. The highest BCUT2D eigenvalue weighted by atomic mass is 35.5. The number of hydrogen-bond acceptors (Lipinski definition) is 2. The molecule has 0 unspecified atom stereocenters. The first-order valence-corrected chi connectivity index (χ1v) is 5.25. The first kappa shape index (κ1) is 12.9. The Labute approximate surface area is 98.4 Å². The molecule has 1 aromatic carbocycles. The molecule has 1 rings (SSSR count). The highest BCUT2D eigenvalue weighted by Gasteiger charge is 2.16. The van der Waals surface area contributed by atoms with Crippen LogP contribution in [0.25, 0.3) is 0 Å². The largest absolute Gasteiger partial charge is 0.396 e. The van der Waals surface area contributed by atoms with Crippen molar-refractivity contribution in [3.8, 4) is 0 Å². The van der Waals surface area contributed by atoms with Crippen molar-refractivity contribution >= 4 is 17.5 Å². The third-order valence-electron chi connectivity index (χ3n) is 2.16. The highest BCUT2D eigenvalue weighted by Crippen LogP contribution is 2.16. The van der Waals surface area contributed by atoms with Gasteiger partial charge in [-0.3, -0.25) is 4.79 Å². The van der Waals surface area contributed by atoms with Crippen LogP contribution < -0.4 is 0 Å². The standard InChI is InChI=1S/C11H13ClFNO2/c1-14(5-2-6-15)11(16)9-7-8(12)3-4-10(9)13/h3-4,7,15H,2,5-6H2,1H3. The molecule has 1 N–H and O–H groups in total. The van der Waals surface area contributed by atoms with Crippen molar-refractivity contribution in [2.45, 2.75) is 6.42 Å². The molecular weight excluding hydrogens is 233 g/mol. The summed E-state index contributed by atoms with van der Waals surface area (Å²) < 4.78 is 13.3. The van der Waals surface area contributed by atoms with Crippen molar-refractivity contribution in [1.29, 1.82) is 0 Å². The van der Waals surface area contributed by atoms with Crippen LogP contribution in [-0.2, 0) is 0 Å². The van der Waals surface area contributed by atoms with E-state index in [0.29, 0.717) is 18.0 Å². The maximum atomic E-state index is 13.3. The first-order valence-electron chi connectivity index (χ1n) is 4.87. The number of hydrogen-bond donors (Lipinski definition) is 1. The molecule has 1 aromatic rings. The van der Waals surface area contributed by atoms with E-state index in [1.165, 1.54) is 17.0 Å². The summed E-state index contributed by atoms with van der Waals surface area (Å²) in [4.78, 5) is 13.1. The predicted octanol–water partition coefficient (Wildman–Crippen LogP) is 1.93. The number of amides is 1. The maximum absolute atomic E-state index is 13.3. The molecule has 88 valence electrons. The fourth-order valence-corrected chi connectivity index (χ4v) is 1.45. The van der Waals surface area contributed by atoms with Gasteiger partial charge in [-0.2, -0.15) is 0 Å². The SMILES string of the molecule is CN(CCCO)C(=O)c1cc(Cl)ccc1F. The van der Waals surface area contributed by atoms with Gasteiger partial charge in [-0.25, -0.2) is 4.39 Å². The molecule has 1 amide bonds. The van der Waals surface area contributed by atoms with Crippen LogP contribution in [0.1, 0.15) is 16.8 Å². The predicted molar refractivity (Wildman–Crippen MR) is 60.1 cm³/mol. The third-order valence-corrected chi connectivity index (χ3v) is 2.39. The van der Waals surface area contributed by atoms with E-state index in [2.05, 4.69) is 0 Å². The number of nitrogens with zero attached hydrogens (tertiary/aromatic N) is 1. The normalized spacial score (nSPS) is 10.2. The monoisotopic (exact) mass is 245 g/mol. The van der Waals surface area contributed by atoms with Gasteiger partial charge < -0.3 is 10.0 Å². The quantitative estimate of drug-likeness (QED) is 0.881. The van der Waals surface area contributed by atoms with Crippen LogP contribution in [0, 0.1) is 5.82 Å². The second-order valence-corrected chi connectivity index (χ2v) is 3.86. The summed E-state index contributed by atoms with van der Waals surface area (Å²) in [5, 5.41) is 8.95. The Kier molecular flexibility index (Phi) is 4.71. The summed E-state index contributed by atoms with van der Waals surface area (Å²) >= 11 is 5.69. The molecule has 0 atom stereocenters. The van der Waals surface area contributed by atoms with Gasteiger partial charge in [0.1, 0.15) is 5.82 Å². The average molecular weight is 246 g/mol. The fourth-order valence-electron chi connectivity index (χ4n) is 1.28. The van der Waals surface area contributed by atoms with E-state index in [1.807, 2.05) is 0 Å². The number of halogens is 2. The van der Waals surface area contributed by atoms with Crippen molar-refractivity contribution in [3.63, 3.8) is 0 Å². The van der Waals surface area contributed by atoms with Crippen LogP contribution in [0.5, 0.6) is 0 Å². The Bertz CT molecular complexity index is 384. The van der Waals surface area contributed by atoms with Crippen LogP contribution in [0.15, 0.2) is 18.2 Å². The zero-order chi connectivity index (χ0) is 12.1. The minimum atomic E-state index is -0.592. The number of aliphatic hydroxyl groups is 1. The van der Waals surface area contributed by atoms with Crippen molar-refractivity contribution in [2.75, 3.05) is 20.2 Å². The average Bonchev–Trinajstić information content (AvgIpc) is 2.28. The van der Waals surface area contributed by atoms with Gasteiger partial charge in [-0.05, 0) is 24.6 Å². The zero-order valence-corrected chi connectivity index (χ0v) is 9.67. The van der Waals surface area contributed by atoms with Crippen LogP contribution in [0.3, 0.4) is 0 Å². The van der Waals surface area contributed by atoms with Crippen molar-refractivity contribution in [2.24, 2.45) is 0 Å². The van der Waals surface area contributed by atoms with Crippen LogP contribution in [-0.4, -0.2) is 36.1 Å². The van der Waals surface area contributed by atoms with E-state index in [0.717, 1.165) is 6.07 Å². The second kappa shape index (κ2) is 5.82. The molecule has 0 aliphatic rings. The van der Waals surface area contributed by atoms with Crippen LogP contribution in [0.4, 0.5) is 4.39 Å². The smallest absolute Gasteiger partial charge is 0.256 e. The molecular formula is C11H13ClFNO2. The Balaban J connectivity index is 2.83. The lowest BCUT2D eigenvalue weighted by Crippen LogP contribution is -2.29. The molecule has 5 heteroatoms. The van der Waals surface area contributed by atoms with Gasteiger partial charge in [-0.1, -0.05) is 11.6 Å². The summed E-state index contributed by atoms with van der Waals surface area (Å²) in [5.41, 5.74) is -0.0482. The van der Waals surface area contributed by atoms with Crippen LogP contribution >= 0.6 is 11.6 Å². The summed E-state index contributed by atoms with van der Waals surface area (Å²) in [6.45, 7) is 0.372. The lowest BCUT2D eigenvalue weighted by atomic mass is 10.2. The number of carbonyl (C=O) groups excluding carboxylic acids is 1. The summed E-state index contributed by atoms with van der Waals surface area (Å²) in [5.74, 6) is -1.03. The molecule has 3 nitrogen and oxygen atoms in total. The van der Waals surface area contributed by atoms with Gasteiger partial charge in [0.25, 0.3) is 5.91 Å². The van der Waals surface area contributed by atoms with Crippen LogP contribution in [0.2, 0.25) is 5.02 Å². The maximum Gasteiger partial charge on any atom is 0.256 e. The van der Waals surface area contributed by atoms with Gasteiger partial charge >= 0.3 is 0 Å². The number of aliphatic hydroxyl groups excluding tert-OH is 1. The molecule has 0 aliphatic carbocycles. The molecule has 0 aliphatic heterocycles. The first-order chi connectivity index (χ1) is 7.56. The fraction of sp³-hybridized carbons (Fsp3) is 0.364. The van der Waals surface area contributed by atoms with E-state index in [9.17, 15) is 9.18 Å². The lowest BCUT2D eigenvalue weighted by Gasteiger charge is -2.16. The summed E-state index contributed by atoms with van der Waals surface area (Å²) in [6.07, 6.45) is 0.463. The molecule has 0 spiro atoms. The van der Waals surface area contributed by atoms with E-state index in [4.69, 9.17) is 16.7 Å². The molecule has 0 fully saturated rings. The number of carbonyl (C=O) groups is 1. The van der Waals surface area contributed by atoms with Gasteiger partial charge in [0.05, 0.1) is 5.56 Å². The van der Waals surface area contributed by atoms with Crippen molar-refractivity contribution < 1.29 is 14.3 Å². The van der Waals surface area contributed by atoms with E-state index in [1.54, 1.807) is 7.05 Å². The molecule has 0 heterocycles. The number of rotatable bonds is 4. The minimum Gasteiger partial charge on any atom is -0.396 e. The van der Waals surface area contributed by atoms with Gasteiger partial charge in [0.2, 0.25) is 0 Å². The Hall–Kier alpha value is -1.13. The van der Waals surface area contributed by atoms with Gasteiger partial charge in [0, 0.05) is 25.2 Å². The van der Waals surface area contributed by atoms with Gasteiger partial charge in [0.15, 0.2) is 0 Å².